The highest BCUT2D eigenvalue weighted by atomic mass is 32.2. The average Bonchev–Trinajstić information content (AvgIpc) is 3.14. The fraction of sp³-hybridized carbons (Fsp3) is 0.364. The van der Waals surface area contributed by atoms with E-state index in [9.17, 15) is 5.11 Å². The molecule has 1 N–H and O–H groups in total. The Morgan fingerprint density at radius 3 is 2.68 bits per heavy atom. The van der Waals surface area contributed by atoms with Crippen LogP contribution in [-0.4, -0.2) is 38.3 Å². The van der Waals surface area contributed by atoms with Crippen molar-refractivity contribution >= 4 is 11.8 Å². The number of aryl methyl sites for hydroxylation is 2. The van der Waals surface area contributed by atoms with Crippen LogP contribution in [0, 0.1) is 6.92 Å². The van der Waals surface area contributed by atoms with Gasteiger partial charge in [-0.25, -0.2) is 0 Å². The van der Waals surface area contributed by atoms with E-state index in [0.29, 0.717) is 5.75 Å². The third kappa shape index (κ3) is 5.14. The molecule has 0 aliphatic carbocycles. The fourth-order valence-electron chi connectivity index (χ4n) is 2.94. The van der Waals surface area contributed by atoms with Crippen molar-refractivity contribution in [3.8, 4) is 17.1 Å². The summed E-state index contributed by atoms with van der Waals surface area (Å²) in [4.78, 5) is 0. The van der Waals surface area contributed by atoms with E-state index in [0.717, 1.165) is 35.3 Å². The van der Waals surface area contributed by atoms with Gasteiger partial charge in [-0.05, 0) is 44.0 Å². The van der Waals surface area contributed by atoms with Crippen LogP contribution in [0.4, 0.5) is 0 Å². The van der Waals surface area contributed by atoms with Crippen molar-refractivity contribution in [2.45, 2.75) is 45.0 Å². The topological polar surface area (TPSA) is 60.2 Å². The van der Waals surface area contributed by atoms with Crippen LogP contribution >= 0.6 is 11.8 Å². The minimum atomic E-state index is -0.584. The molecule has 0 radical (unpaired) electrons. The van der Waals surface area contributed by atoms with Crippen LogP contribution in [0.3, 0.4) is 0 Å². The van der Waals surface area contributed by atoms with E-state index in [1.54, 1.807) is 0 Å². The summed E-state index contributed by atoms with van der Waals surface area (Å²) in [5.74, 6) is 2.15. The minimum absolute atomic E-state index is 0.255. The Balaban J connectivity index is 1.59. The van der Waals surface area contributed by atoms with Crippen LogP contribution in [0.15, 0.2) is 53.7 Å². The van der Waals surface area contributed by atoms with E-state index in [4.69, 9.17) is 4.74 Å². The lowest BCUT2D eigenvalue weighted by Gasteiger charge is -2.13. The second-order valence-corrected chi connectivity index (χ2v) is 7.68. The quantitative estimate of drug-likeness (QED) is 0.543. The normalized spacial score (nSPS) is 12.1. The maximum absolute atomic E-state index is 10.3. The van der Waals surface area contributed by atoms with Gasteiger partial charge in [-0.3, -0.25) is 0 Å². The molecule has 6 heteroatoms. The number of thioether (sulfide) groups is 1. The minimum Gasteiger partial charge on any atom is -0.491 e. The largest absolute Gasteiger partial charge is 0.491 e. The third-order valence-corrected chi connectivity index (χ3v) is 5.57. The van der Waals surface area contributed by atoms with Gasteiger partial charge in [-0.15, -0.1) is 10.2 Å². The zero-order valence-corrected chi connectivity index (χ0v) is 17.4. The molecule has 1 heterocycles. The zero-order valence-electron chi connectivity index (χ0n) is 16.6. The van der Waals surface area contributed by atoms with Crippen molar-refractivity contribution < 1.29 is 9.84 Å². The maximum Gasteiger partial charge on any atom is 0.191 e. The molecule has 0 bridgehead atoms. The van der Waals surface area contributed by atoms with Crippen molar-refractivity contribution in [1.82, 2.24) is 14.8 Å². The van der Waals surface area contributed by atoms with Gasteiger partial charge in [0.05, 0.1) is 6.10 Å². The molecule has 148 valence electrons. The maximum atomic E-state index is 10.3. The number of aromatic nitrogens is 3. The second-order valence-electron chi connectivity index (χ2n) is 6.70. The molecule has 0 aliphatic rings. The third-order valence-electron chi connectivity index (χ3n) is 4.46. The predicted octanol–water partition coefficient (Wildman–Crippen LogP) is 4.37. The number of rotatable bonds is 9. The Morgan fingerprint density at radius 2 is 1.93 bits per heavy atom. The van der Waals surface area contributed by atoms with E-state index in [1.165, 1.54) is 22.9 Å². The Kier molecular flexibility index (Phi) is 7.12. The number of hydrogen-bond donors (Lipinski definition) is 1. The van der Waals surface area contributed by atoms with Crippen molar-refractivity contribution in [2.75, 3.05) is 12.4 Å². The molecule has 2 aromatic carbocycles. The molecule has 0 aliphatic heterocycles. The molecule has 1 unspecified atom stereocenters. The summed E-state index contributed by atoms with van der Waals surface area (Å²) in [6.45, 7) is 7.28. The predicted molar refractivity (Wildman–Crippen MR) is 114 cm³/mol. The lowest BCUT2D eigenvalue weighted by Crippen LogP contribution is -2.20. The second kappa shape index (κ2) is 9.75. The van der Waals surface area contributed by atoms with Gasteiger partial charge in [0.25, 0.3) is 0 Å². The molecule has 5 nitrogen and oxygen atoms in total. The van der Waals surface area contributed by atoms with Crippen LogP contribution in [-0.2, 0) is 13.0 Å². The Morgan fingerprint density at radius 1 is 1.11 bits per heavy atom. The molecule has 1 aromatic heterocycles. The van der Waals surface area contributed by atoms with Crippen LogP contribution in [0.25, 0.3) is 11.4 Å². The highest BCUT2D eigenvalue weighted by Gasteiger charge is 2.15. The number of ether oxygens (including phenoxy) is 1. The standard InChI is InChI=1S/C22H27N3O2S/c1-4-17-9-7-11-20(13-17)27-14-19(26)15-28-22-24-23-21(25(22)5-2)18-10-6-8-16(3)12-18/h6-13,19,26H,4-5,14-15H2,1-3H3. The lowest BCUT2D eigenvalue weighted by molar-refractivity contribution is 0.126. The number of aliphatic hydroxyl groups excluding tert-OH is 1. The molecule has 0 amide bonds. The molecule has 1 atom stereocenters. The first-order valence-electron chi connectivity index (χ1n) is 9.63. The number of nitrogens with zero attached hydrogens (tertiary/aromatic N) is 3. The van der Waals surface area contributed by atoms with E-state index < -0.39 is 6.10 Å². The summed E-state index contributed by atoms with van der Waals surface area (Å²) in [6.07, 6.45) is 0.380. The van der Waals surface area contributed by atoms with Crippen LogP contribution < -0.4 is 4.74 Å². The Hall–Kier alpha value is -2.31. The number of benzene rings is 2. The van der Waals surface area contributed by atoms with E-state index in [2.05, 4.69) is 53.7 Å². The van der Waals surface area contributed by atoms with E-state index in [-0.39, 0.29) is 6.61 Å². The Labute approximate surface area is 170 Å². The summed E-state index contributed by atoms with van der Waals surface area (Å²) in [6, 6.07) is 16.2. The van der Waals surface area contributed by atoms with Gasteiger partial charge in [0, 0.05) is 17.9 Å². The highest BCUT2D eigenvalue weighted by molar-refractivity contribution is 7.99. The first-order valence-corrected chi connectivity index (χ1v) is 10.6. The van der Waals surface area contributed by atoms with E-state index >= 15 is 0 Å². The SMILES string of the molecule is CCc1cccc(OCC(O)CSc2nnc(-c3cccc(C)c3)n2CC)c1. The summed E-state index contributed by atoms with van der Waals surface area (Å²) >= 11 is 1.50. The zero-order chi connectivity index (χ0) is 19.9. The van der Waals surface area contributed by atoms with Gasteiger partial charge in [0.1, 0.15) is 12.4 Å². The van der Waals surface area contributed by atoms with Gasteiger partial charge in [-0.1, -0.05) is 54.6 Å². The first-order chi connectivity index (χ1) is 13.6. The van der Waals surface area contributed by atoms with Crippen molar-refractivity contribution in [2.24, 2.45) is 0 Å². The van der Waals surface area contributed by atoms with Crippen molar-refractivity contribution in [3.05, 3.63) is 59.7 Å². The molecule has 28 heavy (non-hydrogen) atoms. The summed E-state index contributed by atoms with van der Waals surface area (Å²) < 4.78 is 7.82. The van der Waals surface area contributed by atoms with Gasteiger partial charge in [0.2, 0.25) is 0 Å². The summed E-state index contributed by atoms with van der Waals surface area (Å²) in [5.41, 5.74) is 3.47. The molecule has 0 spiro atoms. The van der Waals surface area contributed by atoms with Crippen LogP contribution in [0.2, 0.25) is 0 Å². The van der Waals surface area contributed by atoms with Gasteiger partial charge < -0.3 is 14.4 Å². The summed E-state index contributed by atoms with van der Waals surface area (Å²) in [5, 5.41) is 19.8. The highest BCUT2D eigenvalue weighted by Crippen LogP contribution is 2.25. The van der Waals surface area contributed by atoms with Crippen molar-refractivity contribution in [3.63, 3.8) is 0 Å². The van der Waals surface area contributed by atoms with Gasteiger partial charge >= 0.3 is 0 Å². The van der Waals surface area contributed by atoms with Crippen LogP contribution in [0.5, 0.6) is 5.75 Å². The molecular formula is C22H27N3O2S. The van der Waals surface area contributed by atoms with Gasteiger partial charge in [0.15, 0.2) is 11.0 Å². The lowest BCUT2D eigenvalue weighted by atomic mass is 10.1. The fourth-order valence-corrected chi connectivity index (χ4v) is 3.85. The number of aliphatic hydroxyl groups is 1. The molecule has 0 saturated carbocycles. The summed E-state index contributed by atoms with van der Waals surface area (Å²) in [7, 11) is 0. The van der Waals surface area contributed by atoms with Crippen molar-refractivity contribution in [1.29, 1.82) is 0 Å². The van der Waals surface area contributed by atoms with Gasteiger partial charge in [-0.2, -0.15) is 0 Å². The first kappa shape index (κ1) is 20.4. The molecule has 3 aromatic rings. The van der Waals surface area contributed by atoms with Crippen LogP contribution in [0.1, 0.15) is 25.0 Å². The molecule has 0 fully saturated rings. The average molecular weight is 398 g/mol. The Bertz CT molecular complexity index is 910. The van der Waals surface area contributed by atoms with E-state index in [1.807, 2.05) is 30.3 Å². The smallest absolute Gasteiger partial charge is 0.191 e. The monoisotopic (exact) mass is 397 g/mol. The molecule has 0 saturated heterocycles. The molecular weight excluding hydrogens is 370 g/mol. The molecule has 3 rings (SSSR count). The number of hydrogen-bond acceptors (Lipinski definition) is 5.